The lowest BCUT2D eigenvalue weighted by molar-refractivity contribution is 0.194. The van der Waals surface area contributed by atoms with Crippen LogP contribution in [0.25, 0.3) is 0 Å². The molecule has 0 aliphatic heterocycles. The van der Waals surface area contributed by atoms with Crippen molar-refractivity contribution >= 4 is 16.1 Å². The zero-order chi connectivity index (χ0) is 13.8. The van der Waals surface area contributed by atoms with Crippen LogP contribution in [0, 0.1) is 6.92 Å². The van der Waals surface area contributed by atoms with E-state index < -0.39 is 16.1 Å². The number of hydrazine groups is 1. The Morgan fingerprint density at radius 3 is 2.33 bits per heavy atom. The van der Waals surface area contributed by atoms with Crippen molar-refractivity contribution in [2.24, 2.45) is 0 Å². The van der Waals surface area contributed by atoms with Gasteiger partial charge in [0.15, 0.2) is 0 Å². The fourth-order valence-corrected chi connectivity index (χ4v) is 2.25. The lowest BCUT2D eigenvalue weighted by Gasteiger charge is -2.17. The molecule has 0 unspecified atom stereocenters. The molecule has 0 fully saturated rings. The summed E-state index contributed by atoms with van der Waals surface area (Å²) >= 11 is 0. The molecule has 0 aliphatic carbocycles. The number of hydrogen-bond acceptors (Lipinski definition) is 4. The molecule has 100 valence electrons. The molecule has 0 saturated heterocycles. The average Bonchev–Trinajstić information content (AvgIpc) is 2.29. The van der Waals surface area contributed by atoms with Gasteiger partial charge in [0.05, 0.1) is 4.90 Å². The second-order valence-corrected chi connectivity index (χ2v) is 5.48. The molecule has 1 aromatic carbocycles. The number of nitrogens with zero attached hydrogens (tertiary/aromatic N) is 1. The van der Waals surface area contributed by atoms with Gasteiger partial charge in [0.25, 0.3) is 10.0 Å². The Kier molecular flexibility index (Phi) is 4.69. The van der Waals surface area contributed by atoms with Crippen molar-refractivity contribution in [1.82, 2.24) is 15.2 Å². The number of hydrogen-bond donors (Lipinski definition) is 2. The zero-order valence-electron chi connectivity index (χ0n) is 10.6. The van der Waals surface area contributed by atoms with Gasteiger partial charge in [0.2, 0.25) is 0 Å². The molecule has 1 aromatic rings. The van der Waals surface area contributed by atoms with Gasteiger partial charge in [-0.25, -0.2) is 23.4 Å². The van der Waals surface area contributed by atoms with E-state index in [1.807, 2.05) is 11.6 Å². The molecule has 0 heterocycles. The topological polar surface area (TPSA) is 78.5 Å². The molecule has 0 spiro atoms. The number of aryl methyl sites for hydroxylation is 1. The summed E-state index contributed by atoms with van der Waals surface area (Å²) in [5.74, 6) is 0. The van der Waals surface area contributed by atoms with Crippen LogP contribution in [0.5, 0.6) is 0 Å². The third kappa shape index (κ3) is 3.71. The molecule has 18 heavy (non-hydrogen) atoms. The summed E-state index contributed by atoms with van der Waals surface area (Å²) in [5, 5.41) is 1.09. The lowest BCUT2D eigenvalue weighted by atomic mass is 10.2. The molecule has 0 radical (unpaired) electrons. The smallest absolute Gasteiger partial charge is 0.262 e. The molecule has 0 aromatic heterocycles. The first-order chi connectivity index (χ1) is 8.36. The minimum atomic E-state index is -3.82. The maximum absolute atomic E-state index is 11.9. The molecule has 1 rings (SSSR count). The molecule has 2 N–H and O–H groups in total. The number of nitrogens with one attached hydrogen (secondary N) is 2. The fraction of sp³-hybridized carbons (Fsp3) is 0.364. The van der Waals surface area contributed by atoms with Crippen LogP contribution < -0.4 is 10.1 Å². The summed E-state index contributed by atoms with van der Waals surface area (Å²) < 4.78 is 25.7. The van der Waals surface area contributed by atoms with E-state index in [1.165, 1.54) is 19.2 Å². The van der Waals surface area contributed by atoms with E-state index >= 15 is 0 Å². The number of rotatable bonds is 4. The van der Waals surface area contributed by atoms with E-state index in [1.54, 1.807) is 19.1 Å². The first kappa shape index (κ1) is 14.5. The molecule has 7 heteroatoms. The molecule has 0 atom stereocenters. The summed E-state index contributed by atoms with van der Waals surface area (Å²) in [4.78, 5) is 11.6. The third-order valence-corrected chi connectivity index (χ3v) is 3.59. The van der Waals surface area contributed by atoms with Gasteiger partial charge in [-0.05, 0) is 19.1 Å². The van der Waals surface area contributed by atoms with E-state index in [4.69, 9.17) is 0 Å². The Labute approximate surface area is 107 Å². The summed E-state index contributed by atoms with van der Waals surface area (Å²) in [6.45, 7) is 4.18. The van der Waals surface area contributed by atoms with Gasteiger partial charge < -0.3 is 0 Å². The number of benzene rings is 1. The van der Waals surface area contributed by atoms with Crippen molar-refractivity contribution in [3.05, 3.63) is 29.8 Å². The SMILES string of the molecule is CCNN(C)C(=O)NS(=O)(=O)c1ccc(C)cc1. The minimum absolute atomic E-state index is 0.0614. The summed E-state index contributed by atoms with van der Waals surface area (Å²) in [6, 6.07) is 5.54. The summed E-state index contributed by atoms with van der Waals surface area (Å²) in [6.07, 6.45) is 0. The Balaban J connectivity index is 2.82. The van der Waals surface area contributed by atoms with Crippen LogP contribution in [0.15, 0.2) is 29.2 Å². The Bertz CT molecular complexity index is 511. The van der Waals surface area contributed by atoms with E-state index in [9.17, 15) is 13.2 Å². The van der Waals surface area contributed by atoms with Gasteiger partial charge in [-0.15, -0.1) is 0 Å². The number of amides is 2. The highest BCUT2D eigenvalue weighted by Gasteiger charge is 2.19. The quantitative estimate of drug-likeness (QED) is 0.796. The van der Waals surface area contributed by atoms with E-state index in [0.29, 0.717) is 6.54 Å². The van der Waals surface area contributed by atoms with Crippen molar-refractivity contribution in [2.75, 3.05) is 13.6 Å². The standard InChI is InChI=1S/C11H17N3O3S/c1-4-12-14(3)11(15)13-18(16,17)10-7-5-9(2)6-8-10/h5-8,12H,4H2,1-3H3,(H,13,15). The highest BCUT2D eigenvalue weighted by molar-refractivity contribution is 7.90. The predicted octanol–water partition coefficient (Wildman–Crippen LogP) is 0.850. The van der Waals surface area contributed by atoms with Crippen molar-refractivity contribution < 1.29 is 13.2 Å². The van der Waals surface area contributed by atoms with Crippen LogP contribution in [-0.2, 0) is 10.0 Å². The van der Waals surface area contributed by atoms with E-state index in [0.717, 1.165) is 10.6 Å². The molecule has 2 amide bonds. The number of sulfonamides is 1. The first-order valence-electron chi connectivity index (χ1n) is 5.47. The van der Waals surface area contributed by atoms with Crippen LogP contribution in [0.3, 0.4) is 0 Å². The van der Waals surface area contributed by atoms with Crippen LogP contribution in [0.1, 0.15) is 12.5 Å². The van der Waals surface area contributed by atoms with E-state index in [-0.39, 0.29) is 4.90 Å². The normalized spacial score (nSPS) is 11.1. The summed E-state index contributed by atoms with van der Waals surface area (Å²) in [5.41, 5.74) is 3.63. The Hall–Kier alpha value is -1.60. The third-order valence-electron chi connectivity index (χ3n) is 2.25. The van der Waals surface area contributed by atoms with Gasteiger partial charge >= 0.3 is 6.03 Å². The van der Waals surface area contributed by atoms with Gasteiger partial charge in [-0.3, -0.25) is 5.01 Å². The average molecular weight is 271 g/mol. The second kappa shape index (κ2) is 5.83. The predicted molar refractivity (Wildman–Crippen MR) is 68.3 cm³/mol. The minimum Gasteiger partial charge on any atom is -0.262 e. The molecule has 0 saturated carbocycles. The number of carbonyl (C=O) groups excluding carboxylic acids is 1. The molecule has 0 bridgehead atoms. The van der Waals surface area contributed by atoms with Crippen LogP contribution >= 0.6 is 0 Å². The van der Waals surface area contributed by atoms with Crippen molar-refractivity contribution in [3.63, 3.8) is 0 Å². The number of urea groups is 1. The van der Waals surface area contributed by atoms with Crippen molar-refractivity contribution in [2.45, 2.75) is 18.7 Å². The van der Waals surface area contributed by atoms with Gasteiger partial charge in [-0.1, -0.05) is 24.6 Å². The molecule has 0 aliphatic rings. The number of carbonyl (C=O) groups is 1. The maximum Gasteiger partial charge on any atom is 0.345 e. The van der Waals surface area contributed by atoms with Crippen molar-refractivity contribution in [1.29, 1.82) is 0 Å². The van der Waals surface area contributed by atoms with E-state index in [2.05, 4.69) is 5.43 Å². The second-order valence-electron chi connectivity index (χ2n) is 3.79. The van der Waals surface area contributed by atoms with Crippen LogP contribution in [-0.4, -0.2) is 33.1 Å². The highest BCUT2D eigenvalue weighted by atomic mass is 32.2. The zero-order valence-corrected chi connectivity index (χ0v) is 11.4. The fourth-order valence-electron chi connectivity index (χ4n) is 1.27. The highest BCUT2D eigenvalue weighted by Crippen LogP contribution is 2.09. The summed E-state index contributed by atoms with van der Waals surface area (Å²) in [7, 11) is -2.37. The molecular weight excluding hydrogens is 254 g/mol. The van der Waals surface area contributed by atoms with Crippen LogP contribution in [0.4, 0.5) is 4.79 Å². The Morgan fingerprint density at radius 1 is 1.28 bits per heavy atom. The Morgan fingerprint density at radius 2 is 1.83 bits per heavy atom. The van der Waals surface area contributed by atoms with Gasteiger partial charge in [0.1, 0.15) is 0 Å². The lowest BCUT2D eigenvalue weighted by Crippen LogP contribution is -2.47. The monoisotopic (exact) mass is 271 g/mol. The molecular formula is C11H17N3O3S. The van der Waals surface area contributed by atoms with Gasteiger partial charge in [-0.2, -0.15) is 0 Å². The largest absolute Gasteiger partial charge is 0.345 e. The molecule has 6 nitrogen and oxygen atoms in total. The van der Waals surface area contributed by atoms with Gasteiger partial charge in [0, 0.05) is 13.6 Å². The van der Waals surface area contributed by atoms with Crippen LogP contribution in [0.2, 0.25) is 0 Å². The van der Waals surface area contributed by atoms with Crippen molar-refractivity contribution in [3.8, 4) is 0 Å². The maximum atomic E-state index is 11.9. The first-order valence-corrected chi connectivity index (χ1v) is 6.96.